The lowest BCUT2D eigenvalue weighted by atomic mass is 10.1. The Hall–Kier alpha value is -3.92. The van der Waals surface area contributed by atoms with Gasteiger partial charge in [0.25, 0.3) is 0 Å². The highest BCUT2D eigenvalue weighted by atomic mass is 16.5. The molecule has 2 N–H and O–H groups in total. The molecule has 0 unspecified atom stereocenters. The van der Waals surface area contributed by atoms with Gasteiger partial charge in [0, 0.05) is 46.2 Å². The number of H-pyrrole nitrogens is 1. The fraction of sp³-hybridized carbons (Fsp3) is 0.280. The summed E-state index contributed by atoms with van der Waals surface area (Å²) in [5, 5.41) is 10.9. The van der Waals surface area contributed by atoms with Crippen molar-refractivity contribution in [3.05, 3.63) is 65.8 Å². The van der Waals surface area contributed by atoms with Crippen LogP contribution >= 0.6 is 0 Å². The van der Waals surface area contributed by atoms with Crippen LogP contribution in [0, 0.1) is 6.57 Å². The second-order valence-electron chi connectivity index (χ2n) is 7.61. The Labute approximate surface area is 186 Å². The molecule has 4 rings (SSSR count). The van der Waals surface area contributed by atoms with Crippen LogP contribution in [0.1, 0.15) is 25.3 Å². The van der Waals surface area contributed by atoms with E-state index in [4.69, 9.17) is 21.2 Å². The molecule has 0 amide bonds. The number of aryl methyl sites for hydroxylation is 1. The molecule has 0 bridgehead atoms. The number of rotatable bonds is 10. The third-order valence-electron chi connectivity index (χ3n) is 5.38. The molecular formula is C25H25N3O4. The molecule has 32 heavy (non-hydrogen) atoms. The molecule has 0 saturated carbocycles. The number of nitrogens with zero attached hydrogens (tertiary/aromatic N) is 2. The van der Waals surface area contributed by atoms with Crippen molar-refractivity contribution < 1.29 is 19.4 Å². The van der Waals surface area contributed by atoms with E-state index < -0.39 is 5.97 Å². The Kier molecular flexibility index (Phi) is 6.31. The van der Waals surface area contributed by atoms with E-state index in [1.807, 2.05) is 36.4 Å². The maximum absolute atomic E-state index is 10.9. The van der Waals surface area contributed by atoms with Crippen LogP contribution in [0.4, 0.5) is 5.69 Å². The summed E-state index contributed by atoms with van der Waals surface area (Å²) in [6, 6.07) is 11.4. The molecule has 2 aromatic carbocycles. The van der Waals surface area contributed by atoms with Gasteiger partial charge in [-0.3, -0.25) is 4.79 Å². The Morgan fingerprint density at radius 2 is 2.03 bits per heavy atom. The summed E-state index contributed by atoms with van der Waals surface area (Å²) in [6.45, 7) is 10.4. The molecule has 7 heteroatoms. The number of aromatic nitrogens is 2. The van der Waals surface area contributed by atoms with Gasteiger partial charge in [0.2, 0.25) is 5.69 Å². The average Bonchev–Trinajstić information content (AvgIpc) is 3.38. The highest BCUT2D eigenvalue weighted by Crippen LogP contribution is 2.34. The van der Waals surface area contributed by atoms with Crippen molar-refractivity contribution in [2.45, 2.75) is 32.7 Å². The van der Waals surface area contributed by atoms with E-state index in [1.54, 1.807) is 17.0 Å². The number of carboxylic acids is 1. The van der Waals surface area contributed by atoms with Gasteiger partial charge in [-0.25, -0.2) is 4.85 Å². The Morgan fingerprint density at radius 3 is 2.81 bits per heavy atom. The van der Waals surface area contributed by atoms with E-state index >= 15 is 0 Å². The van der Waals surface area contributed by atoms with Crippen molar-refractivity contribution in [2.75, 3.05) is 13.2 Å². The molecule has 2 heterocycles. The summed E-state index contributed by atoms with van der Waals surface area (Å²) < 4.78 is 13.6. The van der Waals surface area contributed by atoms with Gasteiger partial charge in [0.05, 0.1) is 19.8 Å². The molecule has 0 aliphatic rings. The van der Waals surface area contributed by atoms with E-state index in [2.05, 4.69) is 16.8 Å². The zero-order valence-electron chi connectivity index (χ0n) is 17.9. The number of carboxylic acid groups (broad SMARTS) is 1. The molecule has 0 saturated heterocycles. The van der Waals surface area contributed by atoms with Crippen LogP contribution in [-0.4, -0.2) is 33.8 Å². The van der Waals surface area contributed by atoms with Gasteiger partial charge in [-0.15, -0.1) is 0 Å². The number of hydrogen-bond donors (Lipinski definition) is 2. The highest BCUT2D eigenvalue weighted by Gasteiger charge is 2.12. The SMILES string of the molecule is [C-]#[N+]c1c[nH]c2c(CCC)c(OCCCOc3ccc4c(ccn4CC(=O)O)c3)ccc12. The minimum absolute atomic E-state index is 0.0610. The van der Waals surface area contributed by atoms with Gasteiger partial charge in [-0.1, -0.05) is 19.4 Å². The first-order valence-corrected chi connectivity index (χ1v) is 10.7. The molecule has 2 aromatic heterocycles. The maximum Gasteiger partial charge on any atom is 0.323 e. The molecule has 0 fully saturated rings. The van der Waals surface area contributed by atoms with E-state index in [9.17, 15) is 4.79 Å². The Bertz CT molecular complexity index is 1300. The van der Waals surface area contributed by atoms with Crippen LogP contribution in [0.25, 0.3) is 26.7 Å². The smallest absolute Gasteiger partial charge is 0.323 e. The van der Waals surface area contributed by atoms with Gasteiger partial charge in [-0.05, 0) is 36.8 Å². The number of nitrogens with one attached hydrogen (secondary N) is 1. The standard InChI is InChI=1S/C25H25N3O4/c1-3-5-20-23(9-7-19-21(26-2)15-27-25(19)20)32-13-4-12-31-18-6-8-22-17(14-18)10-11-28(22)16-24(29)30/h6-11,14-15,27H,3-5,12-13,16H2,1H3,(H,29,30). The topological polar surface area (TPSA) is 80.8 Å². The van der Waals surface area contributed by atoms with Gasteiger partial charge < -0.3 is 24.1 Å². The monoisotopic (exact) mass is 431 g/mol. The molecule has 164 valence electrons. The minimum atomic E-state index is -0.868. The number of fused-ring (bicyclic) bond motifs is 2. The average molecular weight is 431 g/mol. The predicted molar refractivity (Wildman–Crippen MR) is 124 cm³/mol. The summed E-state index contributed by atoms with van der Waals surface area (Å²) in [4.78, 5) is 17.8. The molecule has 0 aliphatic carbocycles. The molecule has 0 aliphatic heterocycles. The summed E-state index contributed by atoms with van der Waals surface area (Å²) in [5.74, 6) is 0.725. The molecular weight excluding hydrogens is 406 g/mol. The Balaban J connectivity index is 1.34. The quantitative estimate of drug-likeness (QED) is 0.254. The summed E-state index contributed by atoms with van der Waals surface area (Å²) in [7, 11) is 0. The van der Waals surface area contributed by atoms with Crippen molar-refractivity contribution in [3.63, 3.8) is 0 Å². The third kappa shape index (κ3) is 4.40. The van der Waals surface area contributed by atoms with Crippen LogP contribution in [0.2, 0.25) is 0 Å². The zero-order valence-corrected chi connectivity index (χ0v) is 17.9. The first kappa shape index (κ1) is 21.3. The summed E-state index contributed by atoms with van der Waals surface area (Å²) in [6.07, 6.45) is 6.11. The van der Waals surface area contributed by atoms with E-state index in [0.29, 0.717) is 18.9 Å². The number of aromatic amines is 1. The minimum Gasteiger partial charge on any atom is -0.493 e. The normalized spacial score (nSPS) is 11.0. The van der Waals surface area contributed by atoms with Crippen molar-refractivity contribution in [1.82, 2.24) is 9.55 Å². The van der Waals surface area contributed by atoms with Crippen molar-refractivity contribution >= 4 is 33.5 Å². The lowest BCUT2D eigenvalue weighted by Gasteiger charge is -2.13. The van der Waals surface area contributed by atoms with Crippen LogP contribution in [-0.2, 0) is 17.8 Å². The second-order valence-corrected chi connectivity index (χ2v) is 7.61. The third-order valence-corrected chi connectivity index (χ3v) is 5.38. The summed E-state index contributed by atoms with van der Waals surface area (Å²) >= 11 is 0. The first-order chi connectivity index (χ1) is 15.6. The van der Waals surface area contributed by atoms with Crippen molar-refractivity contribution in [3.8, 4) is 11.5 Å². The van der Waals surface area contributed by atoms with Gasteiger partial charge >= 0.3 is 5.97 Å². The maximum atomic E-state index is 10.9. The molecule has 0 radical (unpaired) electrons. The van der Waals surface area contributed by atoms with Gasteiger partial charge in [-0.2, -0.15) is 0 Å². The molecule has 0 atom stereocenters. The number of benzene rings is 2. The number of hydrogen-bond acceptors (Lipinski definition) is 3. The highest BCUT2D eigenvalue weighted by molar-refractivity contribution is 5.96. The van der Waals surface area contributed by atoms with Crippen LogP contribution in [0.5, 0.6) is 11.5 Å². The van der Waals surface area contributed by atoms with Crippen LogP contribution < -0.4 is 9.47 Å². The molecule has 0 spiro atoms. The van der Waals surface area contributed by atoms with E-state index in [0.717, 1.165) is 58.1 Å². The lowest BCUT2D eigenvalue weighted by molar-refractivity contribution is -0.137. The Morgan fingerprint density at radius 1 is 1.19 bits per heavy atom. The second kappa shape index (κ2) is 9.48. The van der Waals surface area contributed by atoms with E-state index in [1.165, 1.54) is 0 Å². The number of ether oxygens (including phenoxy) is 2. The van der Waals surface area contributed by atoms with Gasteiger partial charge in [0.1, 0.15) is 18.0 Å². The van der Waals surface area contributed by atoms with E-state index in [-0.39, 0.29) is 6.54 Å². The van der Waals surface area contributed by atoms with Gasteiger partial charge in [0.15, 0.2) is 0 Å². The predicted octanol–water partition coefficient (Wildman–Crippen LogP) is 5.56. The summed E-state index contributed by atoms with van der Waals surface area (Å²) in [5.41, 5.74) is 3.59. The number of aliphatic carboxylic acids is 1. The fourth-order valence-corrected chi connectivity index (χ4v) is 3.93. The molecule has 4 aromatic rings. The lowest BCUT2D eigenvalue weighted by Crippen LogP contribution is -2.07. The fourth-order valence-electron chi connectivity index (χ4n) is 3.93. The zero-order chi connectivity index (χ0) is 22.5. The van der Waals surface area contributed by atoms with Crippen LogP contribution in [0.3, 0.4) is 0 Å². The van der Waals surface area contributed by atoms with Crippen molar-refractivity contribution in [2.24, 2.45) is 0 Å². The largest absolute Gasteiger partial charge is 0.493 e. The first-order valence-electron chi connectivity index (χ1n) is 10.7. The van der Waals surface area contributed by atoms with Crippen LogP contribution in [0.15, 0.2) is 48.8 Å². The van der Waals surface area contributed by atoms with Crippen molar-refractivity contribution in [1.29, 1.82) is 0 Å². The molecule has 7 nitrogen and oxygen atoms in total. The number of carbonyl (C=O) groups is 1.